The molecule has 0 bridgehead atoms. The molecular formula is C18H16Br8. The first kappa shape index (κ1) is 23.2. The van der Waals surface area contributed by atoms with Crippen LogP contribution < -0.4 is 0 Å². The predicted molar refractivity (Wildman–Crippen MR) is 144 cm³/mol. The monoisotopic (exact) mass is 863 g/mol. The van der Waals surface area contributed by atoms with E-state index in [1.54, 1.807) is 0 Å². The van der Waals surface area contributed by atoms with Gasteiger partial charge in [0.15, 0.2) is 0 Å². The number of rotatable bonds is 1. The van der Waals surface area contributed by atoms with Crippen LogP contribution in [0.3, 0.4) is 0 Å². The molecule has 2 aliphatic carbocycles. The van der Waals surface area contributed by atoms with Crippen molar-refractivity contribution in [3.8, 4) is 0 Å². The molecule has 5 unspecified atom stereocenters. The van der Waals surface area contributed by atoms with E-state index in [2.05, 4.69) is 172 Å². The average molecular weight is 872 g/mol. The largest absolute Gasteiger partial charge is 0.0908 e. The predicted octanol–water partition coefficient (Wildman–Crippen LogP) is 9.79. The first-order valence-electron chi connectivity index (χ1n) is 7.67. The molecule has 0 aliphatic heterocycles. The van der Waals surface area contributed by atoms with Crippen LogP contribution in [0.2, 0.25) is 0 Å². The second kappa shape index (κ2) is 7.03. The van der Waals surface area contributed by atoms with E-state index in [4.69, 9.17) is 0 Å². The number of hydrogen-bond acceptors (Lipinski definition) is 0. The maximum Gasteiger partial charge on any atom is 0.0908 e. The zero-order valence-electron chi connectivity index (χ0n) is 13.9. The van der Waals surface area contributed by atoms with Crippen molar-refractivity contribution in [2.24, 2.45) is 0 Å². The van der Waals surface area contributed by atoms with E-state index in [0.29, 0.717) is 0 Å². The molecule has 0 aromatic heterocycles. The van der Waals surface area contributed by atoms with E-state index in [1.165, 1.54) is 11.1 Å². The van der Waals surface area contributed by atoms with E-state index in [9.17, 15) is 0 Å². The normalized spacial score (nSPS) is 46.0. The molecule has 26 heavy (non-hydrogen) atoms. The van der Waals surface area contributed by atoms with Gasteiger partial charge in [-0.05, 0) is 63.8 Å². The molecule has 0 amide bonds. The Bertz CT molecular complexity index is 842. The minimum Gasteiger partial charge on any atom is -0.0821 e. The van der Waals surface area contributed by atoms with Gasteiger partial charge in [0, 0.05) is 14.9 Å². The Balaban J connectivity index is 0.00000261. The van der Waals surface area contributed by atoms with Crippen LogP contribution >= 0.6 is 127 Å². The molecule has 2 aliphatic rings. The maximum atomic E-state index is 4.20. The summed E-state index contributed by atoms with van der Waals surface area (Å²) in [4.78, 5) is 0. The molecule has 0 nitrogen and oxygen atoms in total. The summed E-state index contributed by atoms with van der Waals surface area (Å²) in [7, 11) is 0. The summed E-state index contributed by atoms with van der Waals surface area (Å²) < 4.78 is 0.920. The van der Waals surface area contributed by atoms with Gasteiger partial charge in [-0.2, -0.15) is 0 Å². The summed E-state index contributed by atoms with van der Waals surface area (Å²) in [5.41, 5.74) is 2.38. The molecule has 0 radical (unpaired) electrons. The number of fused-ring (bicyclic) bond motifs is 1. The quantitative estimate of drug-likeness (QED) is 0.247. The molecule has 1 aromatic rings. The average Bonchev–Trinajstić information content (AvgIpc) is 2.68. The van der Waals surface area contributed by atoms with Crippen molar-refractivity contribution >= 4 is 127 Å². The summed E-state index contributed by atoms with van der Waals surface area (Å²) in [6.07, 6.45) is 0. The van der Waals surface area contributed by atoms with Crippen LogP contribution in [0.5, 0.6) is 0 Å². The lowest BCUT2D eigenvalue weighted by Gasteiger charge is -2.51. The zero-order chi connectivity index (χ0) is 19.9. The van der Waals surface area contributed by atoms with Crippen LogP contribution in [0.25, 0.3) is 0 Å². The third-order valence-corrected chi connectivity index (χ3v) is 19.6. The van der Waals surface area contributed by atoms with Crippen LogP contribution in [-0.2, 0) is 4.32 Å². The zero-order valence-corrected chi connectivity index (χ0v) is 26.6. The van der Waals surface area contributed by atoms with E-state index in [1.807, 2.05) is 6.07 Å². The summed E-state index contributed by atoms with van der Waals surface area (Å²) in [5.74, 6) is 0. The number of hydrogen-bond donors (Lipinski definition) is 0. The molecule has 0 saturated heterocycles. The molecule has 3 rings (SSSR count). The lowest BCUT2D eigenvalue weighted by molar-refractivity contribution is 0.451. The number of benzene rings is 1. The number of alkyl halides is 5. The highest BCUT2D eigenvalue weighted by molar-refractivity contribution is 9.18. The van der Waals surface area contributed by atoms with Crippen molar-refractivity contribution < 1.29 is 1.43 Å². The highest BCUT2D eigenvalue weighted by Gasteiger charge is 2.80. The Labute approximate surface area is 223 Å². The van der Waals surface area contributed by atoms with Crippen molar-refractivity contribution in [3.05, 3.63) is 54.9 Å². The Kier molecular flexibility index (Phi) is 6.27. The first-order chi connectivity index (χ1) is 11.7. The smallest absolute Gasteiger partial charge is 0.0821 e. The lowest BCUT2D eigenvalue weighted by Crippen LogP contribution is -2.59. The van der Waals surface area contributed by atoms with Gasteiger partial charge in [-0.1, -0.05) is 126 Å². The van der Waals surface area contributed by atoms with Gasteiger partial charge >= 0.3 is 0 Å². The number of halogens is 8. The highest BCUT2D eigenvalue weighted by atomic mass is 79.9. The van der Waals surface area contributed by atoms with Gasteiger partial charge in [0.05, 0.1) is 21.6 Å². The van der Waals surface area contributed by atoms with Crippen molar-refractivity contribution in [2.45, 2.75) is 42.4 Å². The second-order valence-electron chi connectivity index (χ2n) is 7.01. The number of allylic oxidation sites excluding steroid dienone is 4. The Morgan fingerprint density at radius 1 is 0.731 bits per heavy atom. The third kappa shape index (κ3) is 2.54. The molecule has 8 heteroatoms. The SMILES string of the molecule is CC1(Br)C(Br)=C(Br)C(Br)=C2C(Br)(c3ccccc3)C(C)(Br)C(C)(Br)C21Br.[HH]. The fourth-order valence-corrected chi connectivity index (χ4v) is 12.9. The lowest BCUT2D eigenvalue weighted by atomic mass is 9.78. The van der Waals surface area contributed by atoms with Crippen molar-refractivity contribution in [1.82, 2.24) is 0 Å². The Hall–Kier alpha value is 2.54. The van der Waals surface area contributed by atoms with Crippen molar-refractivity contribution in [2.75, 3.05) is 0 Å². The highest BCUT2D eigenvalue weighted by Crippen LogP contribution is 2.79. The fourth-order valence-electron chi connectivity index (χ4n) is 3.98. The first-order valence-corrected chi connectivity index (χ1v) is 14.0. The van der Waals surface area contributed by atoms with Crippen LogP contribution in [0.1, 0.15) is 27.8 Å². The van der Waals surface area contributed by atoms with Crippen LogP contribution in [0.15, 0.2) is 49.4 Å². The van der Waals surface area contributed by atoms with E-state index < -0.39 is 13.0 Å². The minimum atomic E-state index is -0.483. The Morgan fingerprint density at radius 3 is 1.73 bits per heavy atom. The van der Waals surface area contributed by atoms with Crippen molar-refractivity contribution in [1.29, 1.82) is 0 Å². The standard InChI is InChI=1S/C18H14Br8.H2/c1-14(22)13(21)11(20)10(19)12-17(25,9-7-5-4-6-8-9)15(2,23)16(3,24)18(12,14)26;/h4-8H,1-3H3;1H. The molecule has 5 atom stereocenters. The molecule has 1 aromatic carbocycles. The molecular weight excluding hydrogens is 855 g/mol. The van der Waals surface area contributed by atoms with Gasteiger partial charge in [-0.15, -0.1) is 0 Å². The topological polar surface area (TPSA) is 0 Å². The van der Waals surface area contributed by atoms with Crippen molar-refractivity contribution in [3.63, 3.8) is 0 Å². The maximum absolute atomic E-state index is 4.20. The van der Waals surface area contributed by atoms with E-state index in [0.717, 1.165) is 13.4 Å². The molecule has 1 saturated carbocycles. The Morgan fingerprint density at radius 2 is 1.23 bits per heavy atom. The third-order valence-electron chi connectivity index (χ3n) is 5.70. The van der Waals surface area contributed by atoms with Gasteiger partial charge in [0.25, 0.3) is 0 Å². The summed E-state index contributed by atoms with van der Waals surface area (Å²) in [6.45, 7) is 6.63. The molecule has 0 heterocycles. The molecule has 0 N–H and O–H groups in total. The van der Waals surface area contributed by atoms with Gasteiger partial charge in [0.1, 0.15) is 0 Å². The van der Waals surface area contributed by atoms with E-state index in [-0.39, 0.29) is 10.1 Å². The van der Waals surface area contributed by atoms with Gasteiger partial charge in [0.2, 0.25) is 0 Å². The summed E-state index contributed by atoms with van der Waals surface area (Å²) in [5, 5.41) is 0. The van der Waals surface area contributed by atoms with Crippen LogP contribution in [0, 0.1) is 0 Å². The van der Waals surface area contributed by atoms with Gasteiger partial charge in [-0.3, -0.25) is 0 Å². The van der Waals surface area contributed by atoms with Crippen LogP contribution in [-0.4, -0.2) is 17.3 Å². The van der Waals surface area contributed by atoms with Crippen LogP contribution in [0.4, 0.5) is 0 Å². The van der Waals surface area contributed by atoms with Gasteiger partial charge in [-0.25, -0.2) is 0 Å². The van der Waals surface area contributed by atoms with Gasteiger partial charge < -0.3 is 0 Å². The summed E-state index contributed by atoms with van der Waals surface area (Å²) >= 11 is 32.1. The molecule has 1 fully saturated rings. The molecule has 0 spiro atoms. The molecule has 144 valence electrons. The second-order valence-corrected chi connectivity index (χ2v) is 16.5. The van der Waals surface area contributed by atoms with E-state index >= 15 is 0 Å². The minimum absolute atomic E-state index is 0. The fraction of sp³-hybridized carbons (Fsp3) is 0.444. The summed E-state index contributed by atoms with van der Waals surface area (Å²) in [6, 6.07) is 10.5.